The Labute approximate surface area is 81.0 Å². The van der Waals surface area contributed by atoms with Gasteiger partial charge in [0.15, 0.2) is 10.9 Å². The van der Waals surface area contributed by atoms with Crippen molar-refractivity contribution < 1.29 is 4.79 Å². The molecule has 0 saturated heterocycles. The second-order valence-corrected chi connectivity index (χ2v) is 4.55. The van der Waals surface area contributed by atoms with E-state index in [-0.39, 0.29) is 5.78 Å². The van der Waals surface area contributed by atoms with Crippen LogP contribution in [0.5, 0.6) is 0 Å². The number of thiazole rings is 1. The molecule has 0 spiro atoms. The van der Waals surface area contributed by atoms with Crippen LogP contribution in [0, 0.1) is 5.92 Å². The Hall–Kier alpha value is -0.900. The van der Waals surface area contributed by atoms with Gasteiger partial charge in [0, 0.05) is 6.42 Å². The van der Waals surface area contributed by atoms with Crippen molar-refractivity contribution in [2.24, 2.45) is 5.92 Å². The molecule has 1 aromatic heterocycles. The van der Waals surface area contributed by atoms with Gasteiger partial charge in [-0.3, -0.25) is 4.79 Å². The summed E-state index contributed by atoms with van der Waals surface area (Å²) in [4.78, 5) is 16.2. The summed E-state index contributed by atoms with van der Waals surface area (Å²) in [6.07, 6.45) is 5.96. The minimum Gasteiger partial charge on any atom is -0.375 e. The summed E-state index contributed by atoms with van der Waals surface area (Å²) in [7, 11) is 0. The van der Waals surface area contributed by atoms with Crippen molar-refractivity contribution >= 4 is 22.3 Å². The van der Waals surface area contributed by atoms with Crippen molar-refractivity contribution in [3.63, 3.8) is 0 Å². The second-order valence-electron chi connectivity index (χ2n) is 3.49. The molecule has 2 N–H and O–H groups in total. The molecule has 13 heavy (non-hydrogen) atoms. The molecule has 1 heterocycles. The minimum absolute atomic E-state index is 0.207. The van der Waals surface area contributed by atoms with E-state index < -0.39 is 0 Å². The van der Waals surface area contributed by atoms with Crippen molar-refractivity contribution in [2.75, 3.05) is 5.73 Å². The summed E-state index contributed by atoms with van der Waals surface area (Å²) >= 11 is 1.29. The zero-order valence-corrected chi connectivity index (χ0v) is 8.14. The number of rotatable bonds is 3. The molecule has 0 aliphatic heterocycles. The topological polar surface area (TPSA) is 56.0 Å². The summed E-state index contributed by atoms with van der Waals surface area (Å²) in [6, 6.07) is 0. The molecule has 3 nitrogen and oxygen atoms in total. The molecule has 0 unspecified atom stereocenters. The van der Waals surface area contributed by atoms with Crippen LogP contribution >= 0.6 is 11.3 Å². The summed E-state index contributed by atoms with van der Waals surface area (Å²) in [5, 5.41) is 0.483. The maximum Gasteiger partial charge on any atom is 0.180 e. The number of nitrogens with zero attached hydrogens (tertiary/aromatic N) is 1. The van der Waals surface area contributed by atoms with Crippen LogP contribution in [0.1, 0.15) is 35.4 Å². The van der Waals surface area contributed by atoms with Gasteiger partial charge in [0.2, 0.25) is 0 Å². The fourth-order valence-electron chi connectivity index (χ4n) is 1.48. The molecule has 1 fully saturated rings. The average Bonchev–Trinajstić information content (AvgIpc) is 2.44. The van der Waals surface area contributed by atoms with Gasteiger partial charge in [-0.25, -0.2) is 4.98 Å². The van der Waals surface area contributed by atoms with Crippen molar-refractivity contribution in [3.05, 3.63) is 11.1 Å². The largest absolute Gasteiger partial charge is 0.375 e. The van der Waals surface area contributed by atoms with E-state index in [1.165, 1.54) is 30.6 Å². The number of nitrogens with two attached hydrogens (primary N) is 1. The lowest BCUT2D eigenvalue weighted by atomic mass is 9.82. The number of nitrogen functional groups attached to an aromatic ring is 1. The Bertz CT molecular complexity index is 317. The van der Waals surface area contributed by atoms with Crippen molar-refractivity contribution in [3.8, 4) is 0 Å². The molecule has 0 aromatic carbocycles. The second kappa shape index (κ2) is 3.46. The molecule has 0 radical (unpaired) electrons. The lowest BCUT2D eigenvalue weighted by Crippen LogP contribution is -2.15. The van der Waals surface area contributed by atoms with Gasteiger partial charge in [-0.1, -0.05) is 30.6 Å². The highest BCUT2D eigenvalue weighted by Gasteiger charge is 2.22. The molecule has 70 valence electrons. The van der Waals surface area contributed by atoms with Gasteiger partial charge in [-0.15, -0.1) is 0 Å². The molecular weight excluding hydrogens is 184 g/mol. The molecule has 1 aromatic rings. The predicted octanol–water partition coefficient (Wildman–Crippen LogP) is 2.10. The lowest BCUT2D eigenvalue weighted by molar-refractivity contribution is 0.0940. The van der Waals surface area contributed by atoms with E-state index in [2.05, 4.69) is 4.98 Å². The van der Waals surface area contributed by atoms with Crippen LogP contribution in [-0.2, 0) is 0 Å². The minimum atomic E-state index is 0.207. The molecule has 4 heteroatoms. The number of carbonyl (C=O) groups excluding carboxylic acids is 1. The number of anilines is 1. The summed E-state index contributed by atoms with van der Waals surface area (Å²) in [6.45, 7) is 0. The maximum atomic E-state index is 11.6. The monoisotopic (exact) mass is 196 g/mol. The highest BCUT2D eigenvalue weighted by atomic mass is 32.1. The lowest BCUT2D eigenvalue weighted by Gasteiger charge is -2.23. The van der Waals surface area contributed by atoms with E-state index in [4.69, 9.17) is 5.73 Å². The molecule has 0 amide bonds. The zero-order chi connectivity index (χ0) is 9.26. The Morgan fingerprint density at radius 3 is 2.92 bits per heavy atom. The molecule has 1 aliphatic carbocycles. The third-order valence-electron chi connectivity index (χ3n) is 2.50. The first-order valence-electron chi connectivity index (χ1n) is 4.50. The molecule has 1 aliphatic rings. The Morgan fingerprint density at radius 1 is 1.69 bits per heavy atom. The van der Waals surface area contributed by atoms with Gasteiger partial charge in [0.25, 0.3) is 0 Å². The standard InChI is InChI=1S/C9H12N2OS/c10-9-11-5-8(13-9)7(12)4-6-2-1-3-6/h5-6H,1-4H2,(H2,10,11). The molecule has 0 atom stereocenters. The van der Waals surface area contributed by atoms with E-state index >= 15 is 0 Å². The van der Waals surface area contributed by atoms with E-state index in [9.17, 15) is 4.79 Å². The van der Waals surface area contributed by atoms with Gasteiger partial charge in [0.1, 0.15) is 0 Å². The van der Waals surface area contributed by atoms with Crippen LogP contribution in [0.3, 0.4) is 0 Å². The molecule has 1 saturated carbocycles. The number of aromatic nitrogens is 1. The highest BCUT2D eigenvalue weighted by Crippen LogP contribution is 2.31. The first-order valence-corrected chi connectivity index (χ1v) is 5.32. The Balaban J connectivity index is 1.96. The maximum absolute atomic E-state index is 11.6. The number of carbonyl (C=O) groups is 1. The van der Waals surface area contributed by atoms with Crippen LogP contribution in [0.15, 0.2) is 6.20 Å². The van der Waals surface area contributed by atoms with E-state index in [0.29, 0.717) is 22.3 Å². The normalized spacial score (nSPS) is 16.9. The first kappa shape index (κ1) is 8.69. The quantitative estimate of drug-likeness (QED) is 0.753. The number of ketones is 1. The highest BCUT2D eigenvalue weighted by molar-refractivity contribution is 7.17. The van der Waals surface area contributed by atoms with E-state index in [1.54, 1.807) is 6.20 Å². The van der Waals surface area contributed by atoms with Crippen LogP contribution in [0.25, 0.3) is 0 Å². The van der Waals surface area contributed by atoms with Crippen LogP contribution < -0.4 is 5.73 Å². The van der Waals surface area contributed by atoms with E-state index in [0.717, 1.165) is 0 Å². The number of Topliss-reactive ketones (excluding diaryl/α,β-unsaturated/α-hetero) is 1. The van der Waals surface area contributed by atoms with Crippen molar-refractivity contribution in [1.82, 2.24) is 4.98 Å². The Kier molecular flexibility index (Phi) is 2.31. The summed E-state index contributed by atoms with van der Waals surface area (Å²) < 4.78 is 0. The van der Waals surface area contributed by atoms with Crippen LogP contribution in [0.2, 0.25) is 0 Å². The van der Waals surface area contributed by atoms with Gasteiger partial charge in [-0.05, 0) is 5.92 Å². The Morgan fingerprint density at radius 2 is 2.46 bits per heavy atom. The van der Waals surface area contributed by atoms with Crippen LogP contribution in [-0.4, -0.2) is 10.8 Å². The van der Waals surface area contributed by atoms with Gasteiger partial charge in [0.05, 0.1) is 11.1 Å². The van der Waals surface area contributed by atoms with Crippen molar-refractivity contribution in [1.29, 1.82) is 0 Å². The number of hydrogen-bond acceptors (Lipinski definition) is 4. The molecule has 2 rings (SSSR count). The summed E-state index contributed by atoms with van der Waals surface area (Å²) in [5.74, 6) is 0.828. The van der Waals surface area contributed by atoms with Gasteiger partial charge < -0.3 is 5.73 Å². The fourth-order valence-corrected chi connectivity index (χ4v) is 2.11. The SMILES string of the molecule is Nc1ncc(C(=O)CC2CCC2)s1. The predicted molar refractivity (Wildman–Crippen MR) is 52.8 cm³/mol. The average molecular weight is 196 g/mol. The number of hydrogen-bond donors (Lipinski definition) is 1. The zero-order valence-electron chi connectivity index (χ0n) is 7.32. The first-order chi connectivity index (χ1) is 6.25. The van der Waals surface area contributed by atoms with E-state index in [1.807, 2.05) is 0 Å². The van der Waals surface area contributed by atoms with Crippen molar-refractivity contribution in [2.45, 2.75) is 25.7 Å². The third-order valence-corrected chi connectivity index (χ3v) is 3.36. The molecular formula is C9H12N2OS. The van der Waals surface area contributed by atoms with Crippen LogP contribution in [0.4, 0.5) is 5.13 Å². The summed E-state index contributed by atoms with van der Waals surface area (Å²) in [5.41, 5.74) is 5.45. The molecule has 0 bridgehead atoms. The smallest absolute Gasteiger partial charge is 0.180 e. The van der Waals surface area contributed by atoms with Gasteiger partial charge >= 0.3 is 0 Å². The fraction of sp³-hybridized carbons (Fsp3) is 0.556. The van der Waals surface area contributed by atoms with Gasteiger partial charge in [-0.2, -0.15) is 0 Å². The third kappa shape index (κ3) is 1.88.